The predicted molar refractivity (Wildman–Crippen MR) is 216 cm³/mol. The minimum absolute atomic E-state index is 0.126. The van der Waals surface area contributed by atoms with Crippen molar-refractivity contribution in [3.63, 3.8) is 0 Å². The molecule has 0 fully saturated rings. The van der Waals surface area contributed by atoms with E-state index in [2.05, 4.69) is 73.2 Å². The van der Waals surface area contributed by atoms with Crippen LogP contribution < -0.4 is 9.47 Å². The van der Waals surface area contributed by atoms with Gasteiger partial charge in [-0.05, 0) is 122 Å². The molecule has 4 heterocycles. The monoisotopic (exact) mass is 754 g/mol. The number of nitrogens with zero attached hydrogens (tertiary/aromatic N) is 3. The number of hydrogen-bond donors (Lipinski definition) is 1. The molecule has 0 saturated carbocycles. The van der Waals surface area contributed by atoms with Crippen molar-refractivity contribution in [1.82, 2.24) is 15.2 Å². The number of pyridine rings is 1. The molecule has 1 aliphatic rings. The Morgan fingerprint density at radius 2 is 1.33 bits per heavy atom. The summed E-state index contributed by atoms with van der Waals surface area (Å²) in [7, 11) is 0. The Morgan fingerprint density at radius 1 is 0.704 bits per heavy atom. The highest BCUT2D eigenvalue weighted by Crippen LogP contribution is 2.47. The third kappa shape index (κ3) is 9.50. The van der Waals surface area contributed by atoms with E-state index < -0.39 is 11.9 Å². The molecule has 0 radical (unpaired) electrons. The Morgan fingerprint density at radius 3 is 1.89 bits per heavy atom. The van der Waals surface area contributed by atoms with Gasteiger partial charge in [-0.1, -0.05) is 58.4 Å². The maximum atomic E-state index is 13.6. The van der Waals surface area contributed by atoms with Crippen LogP contribution >= 0.6 is 11.3 Å². The fourth-order valence-electron chi connectivity index (χ4n) is 6.65. The number of ether oxygens (including phenoxy) is 2. The van der Waals surface area contributed by atoms with E-state index in [1.807, 2.05) is 37.3 Å². The van der Waals surface area contributed by atoms with Crippen LogP contribution in [-0.4, -0.2) is 40.7 Å². The number of halogens is 3. The van der Waals surface area contributed by atoms with Crippen molar-refractivity contribution >= 4 is 22.6 Å². The first-order valence-corrected chi connectivity index (χ1v) is 19.8. The molecule has 10 heteroatoms. The van der Waals surface area contributed by atoms with Gasteiger partial charge in [0.15, 0.2) is 0 Å². The highest BCUT2D eigenvalue weighted by molar-refractivity contribution is 7.19. The molecule has 0 amide bonds. The quantitative estimate of drug-likeness (QED) is 0.0960. The van der Waals surface area contributed by atoms with Gasteiger partial charge in [0, 0.05) is 26.6 Å². The van der Waals surface area contributed by atoms with Gasteiger partial charge in [0.25, 0.3) is 0 Å². The Hall–Kier alpha value is -4.70. The number of aryl methyl sites for hydroxylation is 2. The average molecular weight is 755 g/mol. The van der Waals surface area contributed by atoms with Gasteiger partial charge in [0.2, 0.25) is 0 Å². The summed E-state index contributed by atoms with van der Waals surface area (Å²) in [6, 6.07) is 19.6. The molecule has 284 valence electrons. The van der Waals surface area contributed by atoms with Gasteiger partial charge < -0.3 is 9.47 Å². The number of thiophene rings is 1. The van der Waals surface area contributed by atoms with Gasteiger partial charge in [-0.25, -0.2) is 4.98 Å². The first-order valence-electron chi connectivity index (χ1n) is 19.0. The van der Waals surface area contributed by atoms with Crippen molar-refractivity contribution in [2.45, 2.75) is 92.2 Å². The topological polar surface area (TPSA) is 72.4 Å². The van der Waals surface area contributed by atoms with Crippen LogP contribution in [0, 0.1) is 13.8 Å². The van der Waals surface area contributed by atoms with Crippen LogP contribution in [-0.2, 0) is 6.18 Å². The number of unbranched alkanes of at least 4 members (excludes halogenated alkanes) is 6. The standard InChI is InChI=1S/C44H49F3N4O2S/c1-6-8-10-12-18-52-33-14-16-35(28(3)20-33)37-25-41(54-43(37)36-17-15-34(21-29(36)4)53-19-13-11-9-7-2)31-23-38(32-22-30(5)48-27-32)49-39(24-31)40-26-42(51-50-40)44(45,46)47/h14-17,20-26H,6-13,18-19,27H2,1-5H3,(H,50,51). The molecule has 54 heavy (non-hydrogen) atoms. The summed E-state index contributed by atoms with van der Waals surface area (Å²) >= 11 is 1.65. The van der Waals surface area contributed by atoms with Gasteiger partial charge in [-0.15, -0.1) is 11.3 Å². The minimum atomic E-state index is -4.55. The van der Waals surface area contributed by atoms with Gasteiger partial charge in [0.1, 0.15) is 22.9 Å². The molecule has 0 aliphatic carbocycles. The Kier molecular flexibility index (Phi) is 12.7. The normalized spacial score (nSPS) is 13.0. The predicted octanol–water partition coefficient (Wildman–Crippen LogP) is 12.9. The molecule has 6 rings (SSSR count). The van der Waals surface area contributed by atoms with Crippen molar-refractivity contribution in [3.8, 4) is 54.9 Å². The molecule has 2 aromatic carbocycles. The number of allylic oxidation sites excluding steroid dienone is 1. The van der Waals surface area contributed by atoms with Gasteiger partial charge in [0.05, 0.1) is 31.1 Å². The lowest BCUT2D eigenvalue weighted by molar-refractivity contribution is -0.141. The second-order valence-corrected chi connectivity index (χ2v) is 15.1. The van der Waals surface area contributed by atoms with E-state index in [-0.39, 0.29) is 5.69 Å². The lowest BCUT2D eigenvalue weighted by Gasteiger charge is -2.13. The molecule has 0 atom stereocenters. The number of aromatic amines is 1. The third-order valence-electron chi connectivity index (χ3n) is 9.66. The molecule has 0 unspecified atom stereocenters. The second kappa shape index (κ2) is 17.6. The van der Waals surface area contributed by atoms with Crippen LogP contribution in [0.3, 0.4) is 0 Å². The third-order valence-corrected chi connectivity index (χ3v) is 10.9. The van der Waals surface area contributed by atoms with Crippen LogP contribution in [0.15, 0.2) is 71.7 Å². The zero-order valence-electron chi connectivity index (χ0n) is 31.8. The maximum absolute atomic E-state index is 13.6. The number of aliphatic imine (C=N–C) groups is 1. The lowest BCUT2D eigenvalue weighted by atomic mass is 9.95. The SMILES string of the molecule is CCCCCCOc1ccc(-c2cc(-c3cc(C4=CC(C)=NC4)nc(-c4cc(C(F)(F)F)[nH]n4)c3)sc2-c2ccc(OCCCCCC)cc2C)c(C)c1. The molecule has 0 bridgehead atoms. The highest BCUT2D eigenvalue weighted by Gasteiger charge is 2.33. The fraction of sp³-hybridized carbons (Fsp3) is 0.386. The van der Waals surface area contributed by atoms with E-state index in [1.54, 1.807) is 11.3 Å². The number of benzene rings is 2. The number of hydrogen-bond acceptors (Lipinski definition) is 6. The number of aromatic nitrogens is 3. The number of nitrogens with one attached hydrogen (secondary N) is 1. The summed E-state index contributed by atoms with van der Waals surface area (Å²) in [4.78, 5) is 11.4. The Bertz CT molecular complexity index is 2050. The van der Waals surface area contributed by atoms with Crippen molar-refractivity contribution < 1.29 is 22.6 Å². The second-order valence-electron chi connectivity index (χ2n) is 14.0. The van der Waals surface area contributed by atoms with Crippen molar-refractivity contribution in [2.75, 3.05) is 19.8 Å². The number of rotatable bonds is 17. The van der Waals surface area contributed by atoms with Crippen molar-refractivity contribution in [3.05, 3.63) is 89.3 Å². The summed E-state index contributed by atoms with van der Waals surface area (Å²) in [6.45, 7) is 12.4. The number of alkyl halides is 3. The molecular weight excluding hydrogens is 706 g/mol. The van der Waals surface area contributed by atoms with Crippen LogP contribution in [0.1, 0.15) is 94.7 Å². The van der Waals surface area contributed by atoms with Gasteiger partial charge in [-0.2, -0.15) is 18.3 Å². The molecule has 0 spiro atoms. The average Bonchev–Trinajstić information content (AvgIpc) is 3.92. The summed E-state index contributed by atoms with van der Waals surface area (Å²) in [5, 5.41) is 6.17. The fourth-order valence-corrected chi connectivity index (χ4v) is 7.91. The molecule has 1 aliphatic heterocycles. The molecule has 5 aromatic rings. The van der Waals surface area contributed by atoms with Crippen molar-refractivity contribution in [1.29, 1.82) is 0 Å². The first kappa shape index (κ1) is 39.0. The van der Waals surface area contributed by atoms with E-state index >= 15 is 0 Å². The molecule has 1 N–H and O–H groups in total. The van der Waals surface area contributed by atoms with Crippen molar-refractivity contribution in [2.24, 2.45) is 4.99 Å². The van der Waals surface area contributed by atoms with E-state index in [0.717, 1.165) is 97.7 Å². The molecule has 0 saturated heterocycles. The molecule has 6 nitrogen and oxygen atoms in total. The number of H-pyrrole nitrogens is 1. The molecule has 3 aromatic heterocycles. The summed E-state index contributed by atoms with van der Waals surface area (Å²) < 4.78 is 53.1. The van der Waals surface area contributed by atoms with E-state index in [4.69, 9.17) is 14.5 Å². The molecular formula is C44H49F3N4O2S. The summed E-state index contributed by atoms with van der Waals surface area (Å²) in [5.74, 6) is 1.70. The Labute approximate surface area is 320 Å². The smallest absolute Gasteiger partial charge is 0.432 e. The van der Waals surface area contributed by atoms with Crippen LogP contribution in [0.5, 0.6) is 11.5 Å². The van der Waals surface area contributed by atoms with Gasteiger partial charge >= 0.3 is 6.18 Å². The van der Waals surface area contributed by atoms with E-state index in [9.17, 15) is 13.2 Å². The highest BCUT2D eigenvalue weighted by atomic mass is 32.1. The maximum Gasteiger partial charge on any atom is 0.432 e. The zero-order valence-corrected chi connectivity index (χ0v) is 32.6. The Balaban J connectivity index is 1.42. The zero-order chi connectivity index (χ0) is 38.2. The lowest BCUT2D eigenvalue weighted by Crippen LogP contribution is -2.04. The van der Waals surface area contributed by atoms with Gasteiger partial charge in [-0.3, -0.25) is 10.1 Å². The largest absolute Gasteiger partial charge is 0.494 e. The summed E-state index contributed by atoms with van der Waals surface area (Å²) in [5.41, 5.74) is 8.26. The van der Waals surface area contributed by atoms with Crippen LogP contribution in [0.2, 0.25) is 0 Å². The minimum Gasteiger partial charge on any atom is -0.494 e. The van der Waals surface area contributed by atoms with Crippen LogP contribution in [0.4, 0.5) is 13.2 Å². The summed E-state index contributed by atoms with van der Waals surface area (Å²) in [6.07, 6.45) is 6.56. The van der Waals surface area contributed by atoms with E-state index in [1.165, 1.54) is 25.7 Å². The first-order chi connectivity index (χ1) is 26.0. The van der Waals surface area contributed by atoms with Crippen LogP contribution in [0.25, 0.3) is 49.0 Å². The van der Waals surface area contributed by atoms with E-state index in [0.29, 0.717) is 31.1 Å².